The van der Waals surface area contributed by atoms with E-state index in [1.54, 1.807) is 0 Å². The lowest BCUT2D eigenvalue weighted by atomic mass is 10.00. The highest BCUT2D eigenvalue weighted by molar-refractivity contribution is 7.80. The van der Waals surface area contributed by atoms with E-state index in [1.807, 2.05) is 11.3 Å². The molecular weight excluding hydrogens is 346 g/mol. The van der Waals surface area contributed by atoms with Gasteiger partial charge in [0.1, 0.15) is 5.52 Å². The fraction of sp³-hybridized carbons (Fsp3) is 0.200. The second-order valence-corrected chi connectivity index (χ2v) is 7.89. The Morgan fingerprint density at radius 1 is 1.24 bits per heavy atom. The number of nitrogens with one attached hydrogen (secondary N) is 1. The number of rotatable bonds is 5. The minimum Gasteiger partial charge on any atom is -0.393 e. The fourth-order valence-corrected chi connectivity index (χ4v) is 4.50. The van der Waals surface area contributed by atoms with Crippen LogP contribution in [0.3, 0.4) is 0 Å². The minimum absolute atomic E-state index is 0.481. The number of nitrogens with zero attached hydrogens (tertiary/aromatic N) is 1. The number of fused-ring (bicyclic) bond motifs is 2. The lowest BCUT2D eigenvalue weighted by molar-refractivity contribution is 0.924. The van der Waals surface area contributed by atoms with E-state index in [9.17, 15) is 0 Å². The molecule has 4 aromatic rings. The lowest BCUT2D eigenvalue weighted by Crippen LogP contribution is -2.11. The maximum Gasteiger partial charge on any atom is 0.101 e. The second kappa shape index (κ2) is 6.58. The Hall–Kier alpha value is -2.24. The van der Waals surface area contributed by atoms with Crippen LogP contribution in [0.1, 0.15) is 24.6 Å². The van der Waals surface area contributed by atoms with Gasteiger partial charge in [-0.3, -0.25) is 5.10 Å². The zero-order valence-electron chi connectivity index (χ0n) is 14.0. The van der Waals surface area contributed by atoms with E-state index in [-0.39, 0.29) is 0 Å². The van der Waals surface area contributed by atoms with Gasteiger partial charge in [0.25, 0.3) is 0 Å². The first kappa shape index (κ1) is 16.2. The minimum atomic E-state index is 0.481. The summed E-state index contributed by atoms with van der Waals surface area (Å²) in [5, 5.41) is 10.1. The Balaban J connectivity index is 1.94. The van der Waals surface area contributed by atoms with E-state index < -0.39 is 0 Å². The number of thiophene rings is 1. The highest BCUT2D eigenvalue weighted by atomic mass is 32.1. The molecule has 0 amide bonds. The molecule has 3 nitrogen and oxygen atoms in total. The van der Waals surface area contributed by atoms with E-state index in [4.69, 9.17) is 18.0 Å². The number of aromatic nitrogens is 2. The molecule has 0 fully saturated rings. The van der Waals surface area contributed by atoms with Gasteiger partial charge < -0.3 is 5.73 Å². The predicted octanol–water partition coefficient (Wildman–Crippen LogP) is 5.23. The Morgan fingerprint density at radius 3 is 2.84 bits per heavy atom. The van der Waals surface area contributed by atoms with Crippen LogP contribution >= 0.6 is 23.6 Å². The van der Waals surface area contributed by atoms with Crippen molar-refractivity contribution in [1.29, 1.82) is 0 Å². The standard InChI is InChI=1S/C20H19N3S2/c1-2-5-12-8-14-16(11-19(21)24)22-23-20(14)15(9-12)18-10-13-6-3-4-7-17(13)25-18/h3-4,6-10H,2,5,11H2,1H3,(H2,21,24)(H,22,23). The molecule has 0 spiro atoms. The van der Waals surface area contributed by atoms with Gasteiger partial charge in [0, 0.05) is 32.6 Å². The second-order valence-electron chi connectivity index (χ2n) is 6.28. The first-order valence-corrected chi connectivity index (χ1v) is 9.65. The maximum atomic E-state index is 5.76. The zero-order chi connectivity index (χ0) is 17.4. The maximum absolute atomic E-state index is 5.76. The van der Waals surface area contributed by atoms with Gasteiger partial charge in [-0.15, -0.1) is 11.3 Å². The normalized spacial score (nSPS) is 11.4. The Labute approximate surface area is 155 Å². The summed E-state index contributed by atoms with van der Waals surface area (Å²) in [5.74, 6) is 0. The van der Waals surface area contributed by atoms with Crippen LogP contribution in [0.2, 0.25) is 0 Å². The first-order chi connectivity index (χ1) is 12.2. The molecule has 0 radical (unpaired) electrons. The van der Waals surface area contributed by atoms with E-state index in [0.717, 1.165) is 29.4 Å². The number of hydrogen-bond acceptors (Lipinski definition) is 3. The van der Waals surface area contributed by atoms with Crippen LogP contribution in [0.25, 0.3) is 31.4 Å². The van der Waals surface area contributed by atoms with Crippen molar-refractivity contribution in [1.82, 2.24) is 10.2 Å². The monoisotopic (exact) mass is 365 g/mol. The molecule has 0 saturated carbocycles. The molecule has 4 rings (SSSR count). The third-order valence-corrected chi connectivity index (χ3v) is 5.67. The number of thiocarbonyl (C=S) groups is 1. The molecule has 0 unspecified atom stereocenters. The van der Waals surface area contributed by atoms with Crippen molar-refractivity contribution in [2.45, 2.75) is 26.2 Å². The molecule has 0 atom stereocenters. The van der Waals surface area contributed by atoms with Gasteiger partial charge >= 0.3 is 0 Å². The van der Waals surface area contributed by atoms with Gasteiger partial charge in [-0.05, 0) is 41.6 Å². The molecular formula is C20H19N3S2. The Kier molecular flexibility index (Phi) is 4.27. The SMILES string of the molecule is CCCc1cc(-c2cc3ccccc3s2)c2n[nH]c(CC(N)=S)c2c1. The zero-order valence-corrected chi connectivity index (χ0v) is 15.6. The van der Waals surface area contributed by atoms with Crippen molar-refractivity contribution in [3.63, 3.8) is 0 Å². The summed E-state index contributed by atoms with van der Waals surface area (Å²) in [6, 6.07) is 15.3. The molecule has 2 heterocycles. The van der Waals surface area contributed by atoms with Crippen LogP contribution < -0.4 is 5.73 Å². The molecule has 3 N–H and O–H groups in total. The highest BCUT2D eigenvalue weighted by Crippen LogP contribution is 2.38. The molecule has 0 aliphatic carbocycles. The van der Waals surface area contributed by atoms with Crippen LogP contribution in [0.5, 0.6) is 0 Å². The topological polar surface area (TPSA) is 54.7 Å². The summed E-state index contributed by atoms with van der Waals surface area (Å²) in [6.07, 6.45) is 2.71. The van der Waals surface area contributed by atoms with Gasteiger partial charge in [0.2, 0.25) is 0 Å². The number of benzene rings is 2. The van der Waals surface area contributed by atoms with E-state index in [1.165, 1.54) is 26.1 Å². The molecule has 2 aromatic heterocycles. The Morgan fingerprint density at radius 2 is 2.08 bits per heavy atom. The van der Waals surface area contributed by atoms with Crippen molar-refractivity contribution < 1.29 is 0 Å². The fourth-order valence-electron chi connectivity index (χ4n) is 3.27. The largest absolute Gasteiger partial charge is 0.393 e. The summed E-state index contributed by atoms with van der Waals surface area (Å²) in [4.78, 5) is 1.73. The van der Waals surface area contributed by atoms with Crippen LogP contribution in [0.15, 0.2) is 42.5 Å². The van der Waals surface area contributed by atoms with Crippen molar-refractivity contribution >= 4 is 49.5 Å². The lowest BCUT2D eigenvalue weighted by Gasteiger charge is -2.06. The average Bonchev–Trinajstić information content (AvgIpc) is 3.18. The number of hydrogen-bond donors (Lipinski definition) is 2. The summed E-state index contributed by atoms with van der Waals surface area (Å²) in [6.45, 7) is 2.20. The van der Waals surface area contributed by atoms with Gasteiger partial charge in [0.15, 0.2) is 0 Å². The van der Waals surface area contributed by atoms with E-state index in [2.05, 4.69) is 59.6 Å². The molecule has 25 heavy (non-hydrogen) atoms. The van der Waals surface area contributed by atoms with Gasteiger partial charge in [-0.2, -0.15) is 5.10 Å². The van der Waals surface area contributed by atoms with Crippen molar-refractivity contribution in [3.05, 3.63) is 53.7 Å². The molecule has 0 aliphatic rings. The smallest absolute Gasteiger partial charge is 0.101 e. The number of aryl methyl sites for hydroxylation is 1. The van der Waals surface area contributed by atoms with Crippen LogP contribution in [0.4, 0.5) is 0 Å². The molecule has 0 saturated heterocycles. The molecule has 0 aliphatic heterocycles. The number of aromatic amines is 1. The molecule has 126 valence electrons. The van der Waals surface area contributed by atoms with Crippen molar-refractivity contribution in [2.24, 2.45) is 5.73 Å². The van der Waals surface area contributed by atoms with Crippen LogP contribution in [0, 0.1) is 0 Å². The van der Waals surface area contributed by atoms with Crippen molar-refractivity contribution in [3.8, 4) is 10.4 Å². The molecule has 2 aromatic carbocycles. The molecule has 0 bridgehead atoms. The third kappa shape index (κ3) is 3.05. The quantitative estimate of drug-likeness (QED) is 0.476. The first-order valence-electron chi connectivity index (χ1n) is 8.43. The van der Waals surface area contributed by atoms with E-state index >= 15 is 0 Å². The van der Waals surface area contributed by atoms with Gasteiger partial charge in [-0.25, -0.2) is 0 Å². The summed E-state index contributed by atoms with van der Waals surface area (Å²) in [7, 11) is 0. The average molecular weight is 366 g/mol. The summed E-state index contributed by atoms with van der Waals surface area (Å²) >= 11 is 6.90. The molecule has 5 heteroatoms. The third-order valence-electron chi connectivity index (χ3n) is 4.38. The van der Waals surface area contributed by atoms with E-state index in [0.29, 0.717) is 11.4 Å². The van der Waals surface area contributed by atoms with Crippen LogP contribution in [-0.4, -0.2) is 15.2 Å². The van der Waals surface area contributed by atoms with Gasteiger partial charge in [0.05, 0.1) is 4.99 Å². The summed E-state index contributed by atoms with van der Waals surface area (Å²) in [5.41, 5.74) is 10.3. The predicted molar refractivity (Wildman–Crippen MR) is 111 cm³/mol. The summed E-state index contributed by atoms with van der Waals surface area (Å²) < 4.78 is 1.30. The highest BCUT2D eigenvalue weighted by Gasteiger charge is 2.15. The van der Waals surface area contributed by atoms with Gasteiger partial charge in [-0.1, -0.05) is 43.8 Å². The number of nitrogens with two attached hydrogens (primary N) is 1. The number of H-pyrrole nitrogens is 1. The van der Waals surface area contributed by atoms with Crippen molar-refractivity contribution in [2.75, 3.05) is 0 Å². The van der Waals surface area contributed by atoms with Crippen LogP contribution in [-0.2, 0) is 12.8 Å². The Bertz CT molecular complexity index is 1040.